The first kappa shape index (κ1) is 11.3. The van der Waals surface area contributed by atoms with Gasteiger partial charge < -0.3 is 4.74 Å². The van der Waals surface area contributed by atoms with E-state index in [1.54, 1.807) is 6.33 Å². The standard InChI is InChI=1S/C13H18N2OS/c1-2-10(3-1)12-8-13(15-9-14-12)16-11-4-6-17-7-5-11/h8-11H,1-7H2. The van der Waals surface area contributed by atoms with Crippen LogP contribution >= 0.6 is 11.8 Å². The van der Waals surface area contributed by atoms with E-state index in [-0.39, 0.29) is 0 Å². The lowest BCUT2D eigenvalue weighted by atomic mass is 9.83. The zero-order chi connectivity index (χ0) is 11.5. The van der Waals surface area contributed by atoms with Crippen LogP contribution in [0.15, 0.2) is 12.4 Å². The van der Waals surface area contributed by atoms with Crippen LogP contribution in [-0.2, 0) is 0 Å². The molecule has 1 aliphatic carbocycles. The maximum Gasteiger partial charge on any atom is 0.216 e. The summed E-state index contributed by atoms with van der Waals surface area (Å²) in [4.78, 5) is 8.59. The fourth-order valence-corrected chi connectivity index (χ4v) is 3.37. The Kier molecular flexibility index (Phi) is 3.50. The van der Waals surface area contributed by atoms with Gasteiger partial charge in [-0.15, -0.1) is 0 Å². The van der Waals surface area contributed by atoms with Crippen molar-refractivity contribution in [2.24, 2.45) is 0 Å². The number of hydrogen-bond acceptors (Lipinski definition) is 4. The fourth-order valence-electron chi connectivity index (χ4n) is 2.31. The summed E-state index contributed by atoms with van der Waals surface area (Å²) < 4.78 is 5.95. The van der Waals surface area contributed by atoms with Gasteiger partial charge in [-0.05, 0) is 37.2 Å². The third-order valence-electron chi connectivity index (χ3n) is 3.64. The lowest BCUT2D eigenvalue weighted by Gasteiger charge is -2.26. The van der Waals surface area contributed by atoms with E-state index in [4.69, 9.17) is 4.74 Å². The third-order valence-corrected chi connectivity index (χ3v) is 4.69. The third kappa shape index (κ3) is 2.73. The minimum atomic E-state index is 0.361. The molecule has 2 fully saturated rings. The van der Waals surface area contributed by atoms with Crippen LogP contribution in [0.4, 0.5) is 0 Å². The Morgan fingerprint density at radius 1 is 1.12 bits per heavy atom. The molecule has 1 aliphatic heterocycles. The summed E-state index contributed by atoms with van der Waals surface area (Å²) in [6.45, 7) is 0. The van der Waals surface area contributed by atoms with Crippen molar-refractivity contribution < 1.29 is 4.74 Å². The first-order valence-electron chi connectivity index (χ1n) is 6.48. The maximum absolute atomic E-state index is 5.95. The van der Waals surface area contributed by atoms with Crippen molar-refractivity contribution in [1.82, 2.24) is 9.97 Å². The van der Waals surface area contributed by atoms with E-state index in [1.165, 1.54) is 36.5 Å². The van der Waals surface area contributed by atoms with Crippen molar-refractivity contribution in [2.75, 3.05) is 11.5 Å². The van der Waals surface area contributed by atoms with Crippen LogP contribution in [0.2, 0.25) is 0 Å². The predicted molar refractivity (Wildman–Crippen MR) is 69.6 cm³/mol. The minimum absolute atomic E-state index is 0.361. The Balaban J connectivity index is 1.65. The molecule has 0 aromatic carbocycles. The summed E-state index contributed by atoms with van der Waals surface area (Å²) in [7, 11) is 0. The second-order valence-electron chi connectivity index (χ2n) is 4.84. The molecular weight excluding hydrogens is 232 g/mol. The van der Waals surface area contributed by atoms with Gasteiger partial charge in [-0.1, -0.05) is 6.42 Å². The maximum atomic E-state index is 5.95. The van der Waals surface area contributed by atoms with Gasteiger partial charge in [0.25, 0.3) is 0 Å². The van der Waals surface area contributed by atoms with Crippen molar-refractivity contribution in [3.05, 3.63) is 18.1 Å². The molecule has 0 N–H and O–H groups in total. The average molecular weight is 250 g/mol. The second kappa shape index (κ2) is 5.25. The van der Waals surface area contributed by atoms with Crippen LogP contribution in [0.25, 0.3) is 0 Å². The average Bonchev–Trinajstić information content (AvgIpc) is 2.28. The predicted octanol–water partition coefficient (Wildman–Crippen LogP) is 3.02. The van der Waals surface area contributed by atoms with E-state index in [0.717, 1.165) is 18.7 Å². The molecule has 1 saturated heterocycles. The van der Waals surface area contributed by atoms with Gasteiger partial charge in [0.15, 0.2) is 0 Å². The molecule has 0 radical (unpaired) electrons. The van der Waals surface area contributed by atoms with Gasteiger partial charge in [0.2, 0.25) is 5.88 Å². The molecule has 92 valence electrons. The Morgan fingerprint density at radius 3 is 2.65 bits per heavy atom. The number of nitrogens with zero attached hydrogens (tertiary/aromatic N) is 2. The first-order valence-corrected chi connectivity index (χ1v) is 7.63. The number of thioether (sulfide) groups is 1. The second-order valence-corrected chi connectivity index (χ2v) is 6.06. The molecule has 17 heavy (non-hydrogen) atoms. The van der Waals surface area contributed by atoms with Gasteiger partial charge in [-0.3, -0.25) is 0 Å². The topological polar surface area (TPSA) is 35.0 Å². The summed E-state index contributed by atoms with van der Waals surface area (Å²) in [5.41, 5.74) is 1.17. The van der Waals surface area contributed by atoms with Crippen LogP contribution in [0.3, 0.4) is 0 Å². The van der Waals surface area contributed by atoms with E-state index >= 15 is 0 Å². The molecule has 1 saturated carbocycles. The summed E-state index contributed by atoms with van der Waals surface area (Å²) in [6, 6.07) is 2.05. The normalized spacial score (nSPS) is 22.1. The molecule has 0 atom stereocenters. The molecule has 0 unspecified atom stereocenters. The van der Waals surface area contributed by atoms with E-state index in [9.17, 15) is 0 Å². The molecule has 3 nitrogen and oxygen atoms in total. The number of hydrogen-bond donors (Lipinski definition) is 0. The zero-order valence-corrected chi connectivity index (χ0v) is 10.8. The molecule has 2 heterocycles. The summed E-state index contributed by atoms with van der Waals surface area (Å²) in [5, 5.41) is 0. The molecular formula is C13H18N2OS. The minimum Gasteiger partial charge on any atom is -0.474 e. The van der Waals surface area contributed by atoms with Gasteiger partial charge in [-0.2, -0.15) is 11.8 Å². The summed E-state index contributed by atoms with van der Waals surface area (Å²) >= 11 is 2.02. The van der Waals surface area contributed by atoms with Crippen LogP contribution in [0.5, 0.6) is 5.88 Å². The van der Waals surface area contributed by atoms with Crippen molar-refractivity contribution in [2.45, 2.75) is 44.1 Å². The Labute approximate surface area is 106 Å². The lowest BCUT2D eigenvalue weighted by Crippen LogP contribution is -2.22. The van der Waals surface area contributed by atoms with E-state index in [2.05, 4.69) is 9.97 Å². The highest BCUT2D eigenvalue weighted by molar-refractivity contribution is 7.99. The van der Waals surface area contributed by atoms with Gasteiger partial charge in [0.05, 0.1) is 5.69 Å². The molecule has 0 bridgehead atoms. The van der Waals surface area contributed by atoms with Crippen LogP contribution in [0.1, 0.15) is 43.7 Å². The highest BCUT2D eigenvalue weighted by Gasteiger charge is 2.22. The highest BCUT2D eigenvalue weighted by atomic mass is 32.2. The van der Waals surface area contributed by atoms with E-state index < -0.39 is 0 Å². The SMILES string of the molecule is c1nc(OC2CCSCC2)cc(C2CCC2)n1. The van der Waals surface area contributed by atoms with Crippen molar-refractivity contribution in [1.29, 1.82) is 0 Å². The van der Waals surface area contributed by atoms with Crippen molar-refractivity contribution in [3.63, 3.8) is 0 Å². The quantitative estimate of drug-likeness (QED) is 0.826. The summed E-state index contributed by atoms with van der Waals surface area (Å²) in [5.74, 6) is 3.86. The molecule has 0 spiro atoms. The largest absolute Gasteiger partial charge is 0.474 e. The molecule has 1 aromatic heterocycles. The van der Waals surface area contributed by atoms with Crippen LogP contribution in [-0.4, -0.2) is 27.6 Å². The molecule has 3 rings (SSSR count). The van der Waals surface area contributed by atoms with Gasteiger partial charge >= 0.3 is 0 Å². The van der Waals surface area contributed by atoms with E-state index in [0.29, 0.717) is 12.0 Å². The monoisotopic (exact) mass is 250 g/mol. The Hall–Kier alpha value is -0.770. The number of aromatic nitrogens is 2. The van der Waals surface area contributed by atoms with Crippen molar-refractivity contribution in [3.8, 4) is 5.88 Å². The molecule has 1 aromatic rings. The van der Waals surface area contributed by atoms with Crippen LogP contribution < -0.4 is 4.74 Å². The van der Waals surface area contributed by atoms with E-state index in [1.807, 2.05) is 17.8 Å². The smallest absolute Gasteiger partial charge is 0.216 e. The number of rotatable bonds is 3. The molecule has 4 heteroatoms. The highest BCUT2D eigenvalue weighted by Crippen LogP contribution is 2.36. The fraction of sp³-hybridized carbons (Fsp3) is 0.692. The Bertz CT molecular complexity index is 375. The molecule has 0 amide bonds. The number of ether oxygens (including phenoxy) is 1. The molecule has 2 aliphatic rings. The first-order chi connectivity index (χ1) is 8.42. The summed E-state index contributed by atoms with van der Waals surface area (Å²) in [6.07, 6.45) is 8.19. The lowest BCUT2D eigenvalue weighted by molar-refractivity contribution is 0.183. The van der Waals surface area contributed by atoms with Crippen LogP contribution in [0, 0.1) is 0 Å². The van der Waals surface area contributed by atoms with Gasteiger partial charge in [0.1, 0.15) is 12.4 Å². The Morgan fingerprint density at radius 2 is 1.94 bits per heavy atom. The zero-order valence-electron chi connectivity index (χ0n) is 9.97. The van der Waals surface area contributed by atoms with Crippen molar-refractivity contribution >= 4 is 11.8 Å². The van der Waals surface area contributed by atoms with Gasteiger partial charge in [-0.25, -0.2) is 9.97 Å². The van der Waals surface area contributed by atoms with Gasteiger partial charge in [0, 0.05) is 12.0 Å².